The van der Waals surface area contributed by atoms with E-state index in [1.165, 1.54) is 0 Å². The molecule has 0 radical (unpaired) electrons. The molecule has 2 amide bonds. The van der Waals surface area contributed by atoms with Crippen LogP contribution in [0.15, 0.2) is 60.7 Å². The molecule has 2 aromatic rings. The van der Waals surface area contributed by atoms with Crippen LogP contribution < -0.4 is 15.5 Å². The highest BCUT2D eigenvalue weighted by atomic mass is 16.2. The van der Waals surface area contributed by atoms with Gasteiger partial charge in [0, 0.05) is 18.2 Å². The normalized spacial score (nSPS) is 11.8. The fourth-order valence-electron chi connectivity index (χ4n) is 2.74. The van der Waals surface area contributed by atoms with E-state index in [9.17, 15) is 9.59 Å². The van der Waals surface area contributed by atoms with Gasteiger partial charge in [-0.2, -0.15) is 0 Å². The van der Waals surface area contributed by atoms with Gasteiger partial charge in [0.05, 0.1) is 13.6 Å². The lowest BCUT2D eigenvalue weighted by molar-refractivity contribution is -0.898. The van der Waals surface area contributed by atoms with E-state index in [-0.39, 0.29) is 30.9 Å². The van der Waals surface area contributed by atoms with Crippen molar-refractivity contribution in [2.45, 2.75) is 6.04 Å². The second-order valence-electron chi connectivity index (χ2n) is 5.73. The first-order valence-corrected chi connectivity index (χ1v) is 8.01. The SMILES string of the molecule is CNC(=O)CNC(=O)C[NH+](C)C(c1ccccc1)c1ccccc1. The summed E-state index contributed by atoms with van der Waals surface area (Å²) in [7, 11) is 3.54. The number of quaternary nitrogens is 1. The summed E-state index contributed by atoms with van der Waals surface area (Å²) in [6.45, 7) is 0.287. The minimum absolute atomic E-state index is 0.00392. The van der Waals surface area contributed by atoms with Gasteiger partial charge in [-0.15, -0.1) is 0 Å². The minimum atomic E-state index is -0.205. The van der Waals surface area contributed by atoms with Gasteiger partial charge in [-0.25, -0.2) is 0 Å². The smallest absolute Gasteiger partial charge is 0.275 e. The summed E-state index contributed by atoms with van der Waals surface area (Å²) >= 11 is 0. The van der Waals surface area contributed by atoms with E-state index in [0.29, 0.717) is 0 Å². The van der Waals surface area contributed by atoms with Crippen LogP contribution in [0.5, 0.6) is 0 Å². The van der Waals surface area contributed by atoms with E-state index in [0.717, 1.165) is 16.0 Å². The molecule has 126 valence electrons. The molecule has 5 heteroatoms. The van der Waals surface area contributed by atoms with Gasteiger partial charge in [0.2, 0.25) is 5.91 Å². The van der Waals surface area contributed by atoms with Crippen LogP contribution in [0.25, 0.3) is 0 Å². The molecular weight excluding hydrogens is 302 g/mol. The van der Waals surface area contributed by atoms with Crippen molar-refractivity contribution >= 4 is 11.8 Å². The van der Waals surface area contributed by atoms with Crippen LogP contribution >= 0.6 is 0 Å². The van der Waals surface area contributed by atoms with Crippen molar-refractivity contribution in [1.82, 2.24) is 10.6 Å². The van der Waals surface area contributed by atoms with Gasteiger partial charge in [-0.3, -0.25) is 9.59 Å². The molecule has 0 aromatic heterocycles. The number of rotatable bonds is 7. The Kier molecular flexibility index (Phi) is 6.51. The molecule has 0 aliphatic carbocycles. The molecule has 0 bridgehead atoms. The summed E-state index contributed by atoms with van der Waals surface area (Å²) in [4.78, 5) is 24.4. The predicted octanol–water partition coefficient (Wildman–Crippen LogP) is 0.153. The van der Waals surface area contributed by atoms with Gasteiger partial charge < -0.3 is 15.5 Å². The molecule has 0 saturated carbocycles. The molecule has 0 saturated heterocycles. The van der Waals surface area contributed by atoms with E-state index in [2.05, 4.69) is 34.9 Å². The predicted molar refractivity (Wildman–Crippen MR) is 93.6 cm³/mol. The number of nitrogens with one attached hydrogen (secondary N) is 3. The molecule has 3 N–H and O–H groups in total. The zero-order chi connectivity index (χ0) is 17.4. The zero-order valence-corrected chi connectivity index (χ0v) is 14.1. The molecule has 5 nitrogen and oxygen atoms in total. The Labute approximate surface area is 142 Å². The molecule has 1 unspecified atom stereocenters. The van der Waals surface area contributed by atoms with Gasteiger partial charge in [-0.1, -0.05) is 60.7 Å². The average Bonchev–Trinajstić information content (AvgIpc) is 2.61. The molecule has 24 heavy (non-hydrogen) atoms. The van der Waals surface area contributed by atoms with E-state index in [4.69, 9.17) is 0 Å². The number of hydrogen-bond donors (Lipinski definition) is 3. The van der Waals surface area contributed by atoms with Crippen LogP contribution in [0, 0.1) is 0 Å². The van der Waals surface area contributed by atoms with Gasteiger partial charge in [0.15, 0.2) is 6.54 Å². The summed E-state index contributed by atoms with van der Waals surface area (Å²) < 4.78 is 0. The quantitative estimate of drug-likeness (QED) is 0.678. The van der Waals surface area contributed by atoms with E-state index in [1.54, 1.807) is 7.05 Å². The fraction of sp³-hybridized carbons (Fsp3) is 0.263. The van der Waals surface area contributed by atoms with Gasteiger partial charge >= 0.3 is 0 Å². The summed E-state index contributed by atoms with van der Waals surface area (Å²) in [6.07, 6.45) is 0. The van der Waals surface area contributed by atoms with E-state index < -0.39 is 0 Å². The highest BCUT2D eigenvalue weighted by Gasteiger charge is 2.24. The topological polar surface area (TPSA) is 62.6 Å². The Morgan fingerprint density at radius 2 is 1.42 bits per heavy atom. The Hall–Kier alpha value is -2.66. The number of hydrogen-bond acceptors (Lipinski definition) is 2. The van der Waals surface area contributed by atoms with Crippen molar-refractivity contribution in [3.63, 3.8) is 0 Å². The van der Waals surface area contributed by atoms with Gasteiger partial charge in [-0.05, 0) is 0 Å². The standard InChI is InChI=1S/C19H23N3O2/c1-20-17(23)13-21-18(24)14-22(2)19(15-9-5-3-6-10-15)16-11-7-4-8-12-16/h3-12,19H,13-14H2,1-2H3,(H,20,23)(H,21,24)/p+1. The molecule has 0 aliphatic heterocycles. The third-order valence-electron chi connectivity index (χ3n) is 3.92. The first-order valence-electron chi connectivity index (χ1n) is 8.01. The maximum absolute atomic E-state index is 12.1. The van der Waals surface area contributed by atoms with Crippen LogP contribution in [0.3, 0.4) is 0 Å². The molecule has 0 aliphatic rings. The molecule has 0 spiro atoms. The largest absolute Gasteiger partial charge is 0.358 e. The van der Waals surface area contributed by atoms with Crippen molar-refractivity contribution < 1.29 is 14.5 Å². The highest BCUT2D eigenvalue weighted by molar-refractivity contribution is 5.84. The Bertz CT molecular complexity index is 619. The van der Waals surface area contributed by atoms with E-state index in [1.807, 2.05) is 43.4 Å². The van der Waals surface area contributed by atoms with Gasteiger partial charge in [0.1, 0.15) is 6.04 Å². The van der Waals surface area contributed by atoms with Crippen LogP contribution in [0.4, 0.5) is 0 Å². The van der Waals surface area contributed by atoms with Crippen LogP contribution in [-0.4, -0.2) is 39.0 Å². The maximum atomic E-state index is 12.1. The minimum Gasteiger partial charge on any atom is -0.358 e. The monoisotopic (exact) mass is 326 g/mol. The Morgan fingerprint density at radius 3 is 1.88 bits per heavy atom. The summed E-state index contributed by atoms with van der Waals surface area (Å²) in [5.41, 5.74) is 2.31. The molecule has 1 atom stereocenters. The summed E-state index contributed by atoms with van der Waals surface area (Å²) in [5, 5.41) is 5.14. The number of benzene rings is 2. The van der Waals surface area contributed by atoms with Gasteiger partial charge in [0.25, 0.3) is 5.91 Å². The average molecular weight is 326 g/mol. The first kappa shape index (κ1) is 17.7. The van der Waals surface area contributed by atoms with Crippen molar-refractivity contribution in [3.05, 3.63) is 71.8 Å². The van der Waals surface area contributed by atoms with Crippen molar-refractivity contribution in [1.29, 1.82) is 0 Å². The number of carbonyl (C=O) groups excluding carboxylic acids is 2. The lowest BCUT2D eigenvalue weighted by Gasteiger charge is -2.25. The highest BCUT2D eigenvalue weighted by Crippen LogP contribution is 2.18. The van der Waals surface area contributed by atoms with Crippen LogP contribution in [0.2, 0.25) is 0 Å². The van der Waals surface area contributed by atoms with Crippen LogP contribution in [-0.2, 0) is 9.59 Å². The van der Waals surface area contributed by atoms with Crippen molar-refractivity contribution in [2.24, 2.45) is 0 Å². The number of amides is 2. The lowest BCUT2D eigenvalue weighted by Crippen LogP contribution is -3.10. The second kappa shape index (κ2) is 8.84. The molecule has 2 aromatic carbocycles. The maximum Gasteiger partial charge on any atom is 0.275 e. The number of likely N-dealkylation sites (N-methyl/N-ethyl adjacent to an activating group) is 2. The van der Waals surface area contributed by atoms with Crippen molar-refractivity contribution in [3.8, 4) is 0 Å². The van der Waals surface area contributed by atoms with E-state index >= 15 is 0 Å². The van der Waals surface area contributed by atoms with Crippen molar-refractivity contribution in [2.75, 3.05) is 27.2 Å². The Balaban J connectivity index is 2.12. The Morgan fingerprint density at radius 1 is 0.917 bits per heavy atom. The fourth-order valence-corrected chi connectivity index (χ4v) is 2.74. The third-order valence-corrected chi connectivity index (χ3v) is 3.92. The van der Waals surface area contributed by atoms with Crippen LogP contribution in [0.1, 0.15) is 17.2 Å². The zero-order valence-electron chi connectivity index (χ0n) is 14.1. The molecular formula is C19H24N3O2+. The summed E-state index contributed by atoms with van der Waals surface area (Å²) in [6, 6.07) is 20.3. The molecule has 2 rings (SSSR count). The third kappa shape index (κ3) is 4.93. The number of carbonyl (C=O) groups is 2. The molecule has 0 fully saturated rings. The second-order valence-corrected chi connectivity index (χ2v) is 5.73. The molecule has 0 heterocycles. The summed E-state index contributed by atoms with van der Waals surface area (Å²) in [5.74, 6) is -0.350. The lowest BCUT2D eigenvalue weighted by atomic mass is 9.97. The first-order chi connectivity index (χ1) is 11.6.